The second kappa shape index (κ2) is 8.72. The highest BCUT2D eigenvalue weighted by Crippen LogP contribution is 2.16. The fourth-order valence-corrected chi connectivity index (χ4v) is 2.11. The maximum absolute atomic E-state index is 12.0. The smallest absolute Gasteiger partial charge is 0.250 e. The van der Waals surface area contributed by atoms with Crippen molar-refractivity contribution in [2.75, 3.05) is 11.9 Å². The molecule has 0 aliphatic rings. The molecule has 0 aliphatic heterocycles. The zero-order valence-corrected chi connectivity index (χ0v) is 14.2. The van der Waals surface area contributed by atoms with Gasteiger partial charge in [-0.15, -0.1) is 12.4 Å². The largest absolute Gasteiger partial charge is 0.330 e. The van der Waals surface area contributed by atoms with Gasteiger partial charge < -0.3 is 15.6 Å². The molecular weight excluding hydrogens is 337 g/mol. The van der Waals surface area contributed by atoms with Crippen LogP contribution in [0.2, 0.25) is 5.02 Å². The van der Waals surface area contributed by atoms with E-state index >= 15 is 0 Å². The summed E-state index contributed by atoms with van der Waals surface area (Å²) in [5.74, 6) is -0.464. The van der Waals surface area contributed by atoms with E-state index in [1.165, 1.54) is 10.6 Å². The van der Waals surface area contributed by atoms with Crippen LogP contribution in [-0.2, 0) is 11.3 Å². The third-order valence-electron chi connectivity index (χ3n) is 3.35. The number of hydrogen-bond acceptors (Lipinski definition) is 3. The lowest BCUT2D eigenvalue weighted by Gasteiger charge is -2.12. The Morgan fingerprint density at radius 1 is 1.30 bits per heavy atom. The molecule has 1 amide bonds. The van der Waals surface area contributed by atoms with Crippen molar-refractivity contribution >= 4 is 35.6 Å². The minimum absolute atomic E-state index is 0. The number of nitrogens with one attached hydrogen (secondary N) is 1. The van der Waals surface area contributed by atoms with Crippen LogP contribution in [0.15, 0.2) is 47.4 Å². The van der Waals surface area contributed by atoms with E-state index in [1.807, 2.05) is 18.2 Å². The van der Waals surface area contributed by atoms with E-state index in [0.717, 1.165) is 5.56 Å². The number of hydrogen-bond donors (Lipinski definition) is 2. The molecule has 7 heteroatoms. The van der Waals surface area contributed by atoms with Crippen LogP contribution in [0.1, 0.15) is 12.5 Å². The number of amides is 1. The van der Waals surface area contributed by atoms with Crippen LogP contribution in [0.3, 0.4) is 0 Å². The highest BCUT2D eigenvalue weighted by Gasteiger charge is 2.11. The fourth-order valence-electron chi connectivity index (χ4n) is 1.91. The van der Waals surface area contributed by atoms with Crippen LogP contribution in [0, 0.1) is 5.92 Å². The Morgan fingerprint density at radius 2 is 2.00 bits per heavy atom. The van der Waals surface area contributed by atoms with Crippen LogP contribution in [0.5, 0.6) is 0 Å². The molecular formula is C16H19Cl2N3O2. The highest BCUT2D eigenvalue weighted by molar-refractivity contribution is 6.31. The molecule has 0 bridgehead atoms. The third-order valence-corrected chi connectivity index (χ3v) is 3.72. The monoisotopic (exact) mass is 355 g/mol. The minimum atomic E-state index is -0.288. The molecule has 1 unspecified atom stereocenters. The molecule has 1 aromatic carbocycles. The summed E-state index contributed by atoms with van der Waals surface area (Å²) in [5.41, 5.74) is 6.70. The van der Waals surface area contributed by atoms with Gasteiger partial charge in [0.05, 0.1) is 12.2 Å². The Bertz CT molecular complexity index is 731. The molecule has 0 aliphatic carbocycles. The molecule has 124 valence electrons. The summed E-state index contributed by atoms with van der Waals surface area (Å²) in [6.45, 7) is 2.36. The van der Waals surface area contributed by atoms with Crippen LogP contribution in [0.4, 0.5) is 5.69 Å². The Kier molecular flexibility index (Phi) is 7.29. The Labute approximate surface area is 145 Å². The molecule has 0 radical (unpaired) electrons. The van der Waals surface area contributed by atoms with Gasteiger partial charge in [0.1, 0.15) is 0 Å². The summed E-state index contributed by atoms with van der Waals surface area (Å²) < 4.78 is 1.50. The van der Waals surface area contributed by atoms with Crippen LogP contribution >= 0.6 is 24.0 Å². The first-order valence-electron chi connectivity index (χ1n) is 6.96. The summed E-state index contributed by atoms with van der Waals surface area (Å²) in [6.07, 6.45) is 1.60. The van der Waals surface area contributed by atoms with E-state index in [4.69, 9.17) is 17.3 Å². The molecule has 2 rings (SSSR count). The van der Waals surface area contributed by atoms with Gasteiger partial charge >= 0.3 is 0 Å². The molecule has 0 spiro atoms. The fraction of sp³-hybridized carbons (Fsp3) is 0.250. The number of pyridine rings is 1. The maximum atomic E-state index is 12.0. The Balaban J connectivity index is 0.00000264. The summed E-state index contributed by atoms with van der Waals surface area (Å²) in [6, 6.07) is 10.3. The van der Waals surface area contributed by atoms with E-state index in [2.05, 4.69) is 5.32 Å². The van der Waals surface area contributed by atoms with Gasteiger partial charge in [0.2, 0.25) is 5.91 Å². The lowest BCUT2D eigenvalue weighted by molar-refractivity contribution is -0.119. The summed E-state index contributed by atoms with van der Waals surface area (Å²) >= 11 is 6.11. The van der Waals surface area contributed by atoms with Crippen molar-refractivity contribution in [3.63, 3.8) is 0 Å². The quantitative estimate of drug-likeness (QED) is 0.864. The summed E-state index contributed by atoms with van der Waals surface area (Å²) in [4.78, 5) is 23.8. The lowest BCUT2D eigenvalue weighted by atomic mass is 10.1. The standard InChI is InChI=1S/C16H18ClN3O2.ClH/c1-11(8-18)16(22)19-13-6-7-15(21)20(10-13)9-12-4-2-3-5-14(12)17;/h2-7,10-11H,8-9,18H2,1H3,(H,19,22);1H. The van der Waals surface area contributed by atoms with E-state index in [0.29, 0.717) is 17.3 Å². The van der Waals surface area contributed by atoms with Gasteiger partial charge in [0, 0.05) is 29.7 Å². The molecule has 2 aromatic rings. The summed E-state index contributed by atoms with van der Waals surface area (Å²) in [5, 5.41) is 3.35. The molecule has 1 atom stereocenters. The van der Waals surface area contributed by atoms with Crippen molar-refractivity contribution in [1.82, 2.24) is 4.57 Å². The molecule has 0 fully saturated rings. The molecule has 1 heterocycles. The first kappa shape index (κ1) is 19.2. The highest BCUT2D eigenvalue weighted by atomic mass is 35.5. The average molecular weight is 356 g/mol. The van der Waals surface area contributed by atoms with Gasteiger partial charge in [0.15, 0.2) is 0 Å². The number of nitrogens with two attached hydrogens (primary N) is 1. The van der Waals surface area contributed by atoms with Crippen molar-refractivity contribution in [2.24, 2.45) is 11.7 Å². The SMILES string of the molecule is CC(CN)C(=O)Nc1ccc(=O)n(Cc2ccccc2Cl)c1.Cl. The first-order chi connectivity index (χ1) is 10.5. The predicted molar refractivity (Wildman–Crippen MR) is 95.4 cm³/mol. The average Bonchev–Trinajstić information content (AvgIpc) is 2.51. The molecule has 0 saturated carbocycles. The number of halogens is 2. The molecule has 0 saturated heterocycles. The van der Waals surface area contributed by atoms with Crippen LogP contribution in [-0.4, -0.2) is 17.0 Å². The molecule has 23 heavy (non-hydrogen) atoms. The zero-order chi connectivity index (χ0) is 16.1. The predicted octanol–water partition coefficient (Wildman–Crippen LogP) is 2.51. The van der Waals surface area contributed by atoms with Gasteiger partial charge in [-0.2, -0.15) is 0 Å². The number of carbonyl (C=O) groups excluding carboxylic acids is 1. The number of benzene rings is 1. The second-order valence-electron chi connectivity index (χ2n) is 5.10. The number of nitrogens with zero attached hydrogens (tertiary/aromatic N) is 1. The van der Waals surface area contributed by atoms with Crippen molar-refractivity contribution in [3.8, 4) is 0 Å². The first-order valence-corrected chi connectivity index (χ1v) is 7.34. The number of aromatic nitrogens is 1. The van der Waals surface area contributed by atoms with Gasteiger partial charge in [-0.1, -0.05) is 36.7 Å². The lowest BCUT2D eigenvalue weighted by Crippen LogP contribution is -2.27. The van der Waals surface area contributed by atoms with Gasteiger partial charge in [0.25, 0.3) is 5.56 Å². The number of anilines is 1. The van der Waals surface area contributed by atoms with Gasteiger partial charge in [-0.05, 0) is 17.7 Å². The van der Waals surface area contributed by atoms with Gasteiger partial charge in [-0.25, -0.2) is 0 Å². The maximum Gasteiger partial charge on any atom is 0.250 e. The van der Waals surface area contributed by atoms with Crippen molar-refractivity contribution in [1.29, 1.82) is 0 Å². The second-order valence-corrected chi connectivity index (χ2v) is 5.51. The van der Waals surface area contributed by atoms with Crippen molar-refractivity contribution < 1.29 is 4.79 Å². The van der Waals surface area contributed by atoms with E-state index in [1.54, 1.807) is 25.3 Å². The normalized spacial score (nSPS) is 11.4. The Hall–Kier alpha value is -1.82. The van der Waals surface area contributed by atoms with Crippen LogP contribution < -0.4 is 16.6 Å². The van der Waals surface area contributed by atoms with Crippen molar-refractivity contribution in [3.05, 3.63) is 63.5 Å². The van der Waals surface area contributed by atoms with E-state index < -0.39 is 0 Å². The third kappa shape index (κ3) is 5.10. The van der Waals surface area contributed by atoms with E-state index in [9.17, 15) is 9.59 Å². The molecule has 5 nitrogen and oxygen atoms in total. The topological polar surface area (TPSA) is 77.1 Å². The summed E-state index contributed by atoms with van der Waals surface area (Å²) in [7, 11) is 0. The molecule has 3 N–H and O–H groups in total. The Morgan fingerprint density at radius 3 is 2.65 bits per heavy atom. The van der Waals surface area contributed by atoms with E-state index in [-0.39, 0.29) is 36.3 Å². The number of rotatable bonds is 5. The van der Waals surface area contributed by atoms with Crippen LogP contribution in [0.25, 0.3) is 0 Å². The zero-order valence-electron chi connectivity index (χ0n) is 12.7. The molecule has 1 aromatic heterocycles. The minimum Gasteiger partial charge on any atom is -0.330 e. The number of carbonyl (C=O) groups is 1. The van der Waals surface area contributed by atoms with Crippen molar-refractivity contribution in [2.45, 2.75) is 13.5 Å². The van der Waals surface area contributed by atoms with Gasteiger partial charge in [-0.3, -0.25) is 9.59 Å².